The van der Waals surface area contributed by atoms with Gasteiger partial charge >= 0.3 is 0 Å². The second-order valence-electron chi connectivity index (χ2n) is 3.64. The minimum absolute atomic E-state index is 0.404. The fourth-order valence-electron chi connectivity index (χ4n) is 1.77. The molecule has 2 unspecified atom stereocenters. The molecule has 0 spiro atoms. The zero-order chi connectivity index (χ0) is 8.27. The van der Waals surface area contributed by atoms with Gasteiger partial charge in [-0.2, -0.15) is 0 Å². The highest BCUT2D eigenvalue weighted by Crippen LogP contribution is 2.26. The van der Waals surface area contributed by atoms with Gasteiger partial charge in [0, 0.05) is 12.5 Å². The number of ether oxygens (including phenoxy) is 1. The summed E-state index contributed by atoms with van der Waals surface area (Å²) in [5, 5.41) is 0. The summed E-state index contributed by atoms with van der Waals surface area (Å²) in [6, 6.07) is 0. The summed E-state index contributed by atoms with van der Waals surface area (Å²) < 4.78 is 5.66. The quantitative estimate of drug-likeness (QED) is 0.588. The average molecular weight is 177 g/mol. The van der Waals surface area contributed by atoms with Crippen LogP contribution in [0.15, 0.2) is 0 Å². The van der Waals surface area contributed by atoms with E-state index >= 15 is 0 Å². The molecule has 1 heterocycles. The van der Waals surface area contributed by atoms with E-state index in [9.17, 15) is 0 Å². The summed E-state index contributed by atoms with van der Waals surface area (Å²) in [6.07, 6.45) is 2.83. The van der Waals surface area contributed by atoms with E-state index in [2.05, 4.69) is 13.8 Å². The van der Waals surface area contributed by atoms with Crippen molar-refractivity contribution in [2.45, 2.75) is 32.8 Å². The van der Waals surface area contributed by atoms with Gasteiger partial charge < -0.3 is 4.74 Å². The van der Waals surface area contributed by atoms with Gasteiger partial charge in [0.05, 0.1) is 6.10 Å². The van der Waals surface area contributed by atoms with Crippen LogP contribution in [0.1, 0.15) is 26.7 Å². The van der Waals surface area contributed by atoms with Gasteiger partial charge in [0.15, 0.2) is 0 Å². The van der Waals surface area contributed by atoms with Crippen molar-refractivity contribution in [3.8, 4) is 0 Å². The van der Waals surface area contributed by atoms with Crippen LogP contribution in [0.3, 0.4) is 0 Å². The van der Waals surface area contributed by atoms with E-state index in [1.807, 2.05) is 0 Å². The Labute approximate surface area is 74.1 Å². The Morgan fingerprint density at radius 3 is 2.73 bits per heavy atom. The number of rotatable bonds is 2. The second kappa shape index (κ2) is 4.32. The Bertz CT molecular complexity index is 114. The maximum absolute atomic E-state index is 5.84. The fourth-order valence-corrected chi connectivity index (χ4v) is 2.10. The first kappa shape index (κ1) is 9.34. The van der Waals surface area contributed by atoms with Crippen molar-refractivity contribution < 1.29 is 4.74 Å². The molecule has 0 aromatic rings. The van der Waals surface area contributed by atoms with Crippen molar-refractivity contribution in [2.24, 2.45) is 11.8 Å². The molecule has 0 aliphatic carbocycles. The van der Waals surface area contributed by atoms with Crippen molar-refractivity contribution in [1.82, 2.24) is 0 Å². The summed E-state index contributed by atoms with van der Waals surface area (Å²) in [5.41, 5.74) is 0. The molecule has 1 aliphatic heterocycles. The van der Waals surface area contributed by atoms with Gasteiger partial charge in [0.1, 0.15) is 0 Å². The molecule has 11 heavy (non-hydrogen) atoms. The Morgan fingerprint density at radius 1 is 1.55 bits per heavy atom. The highest BCUT2D eigenvalue weighted by molar-refractivity contribution is 6.18. The molecule has 0 aromatic heterocycles. The first-order valence-corrected chi connectivity index (χ1v) is 4.96. The van der Waals surface area contributed by atoms with E-state index in [-0.39, 0.29) is 0 Å². The second-order valence-corrected chi connectivity index (χ2v) is 3.94. The van der Waals surface area contributed by atoms with Crippen LogP contribution in [0.25, 0.3) is 0 Å². The maximum atomic E-state index is 5.84. The third kappa shape index (κ3) is 2.34. The van der Waals surface area contributed by atoms with Crippen LogP contribution in [-0.4, -0.2) is 18.6 Å². The Hall–Kier alpha value is 0.250. The fraction of sp³-hybridized carbons (Fsp3) is 1.00. The SMILES string of the molecule is CC(C)C1OCCCC1CCl. The van der Waals surface area contributed by atoms with Crippen molar-refractivity contribution in [3.63, 3.8) is 0 Å². The molecule has 66 valence electrons. The molecule has 1 nitrogen and oxygen atoms in total. The van der Waals surface area contributed by atoms with Gasteiger partial charge in [0.25, 0.3) is 0 Å². The predicted molar refractivity (Wildman–Crippen MR) is 48.0 cm³/mol. The highest BCUT2D eigenvalue weighted by atomic mass is 35.5. The van der Waals surface area contributed by atoms with Gasteiger partial charge in [-0.3, -0.25) is 0 Å². The van der Waals surface area contributed by atoms with Gasteiger partial charge in [-0.25, -0.2) is 0 Å². The van der Waals surface area contributed by atoms with Gasteiger partial charge in [0.2, 0.25) is 0 Å². The normalized spacial score (nSPS) is 32.7. The van der Waals surface area contributed by atoms with Crippen molar-refractivity contribution in [3.05, 3.63) is 0 Å². The lowest BCUT2D eigenvalue weighted by Crippen LogP contribution is -2.34. The van der Waals surface area contributed by atoms with Crippen molar-refractivity contribution in [1.29, 1.82) is 0 Å². The van der Waals surface area contributed by atoms with Gasteiger partial charge in [-0.05, 0) is 24.7 Å². The van der Waals surface area contributed by atoms with Crippen LogP contribution in [0.4, 0.5) is 0 Å². The topological polar surface area (TPSA) is 9.23 Å². The predicted octanol–water partition coefficient (Wildman–Crippen LogP) is 2.68. The summed E-state index contributed by atoms with van der Waals surface area (Å²) in [4.78, 5) is 0. The summed E-state index contributed by atoms with van der Waals surface area (Å²) >= 11 is 5.84. The van der Waals surface area contributed by atoms with Crippen molar-refractivity contribution in [2.75, 3.05) is 12.5 Å². The van der Waals surface area contributed by atoms with E-state index in [0.29, 0.717) is 17.9 Å². The summed E-state index contributed by atoms with van der Waals surface area (Å²) in [5.74, 6) is 1.95. The smallest absolute Gasteiger partial charge is 0.0637 e. The zero-order valence-electron chi connectivity index (χ0n) is 7.35. The zero-order valence-corrected chi connectivity index (χ0v) is 8.10. The van der Waals surface area contributed by atoms with E-state index in [1.54, 1.807) is 0 Å². The number of halogens is 1. The first-order valence-electron chi connectivity index (χ1n) is 4.43. The third-order valence-electron chi connectivity index (χ3n) is 2.35. The monoisotopic (exact) mass is 176 g/mol. The first-order chi connectivity index (χ1) is 5.25. The Balaban J connectivity index is 2.44. The third-order valence-corrected chi connectivity index (χ3v) is 2.75. The van der Waals surface area contributed by atoms with Gasteiger partial charge in [-0.15, -0.1) is 11.6 Å². The van der Waals surface area contributed by atoms with Crippen LogP contribution >= 0.6 is 11.6 Å². The van der Waals surface area contributed by atoms with Crippen LogP contribution in [-0.2, 0) is 4.74 Å². The molecule has 1 fully saturated rings. The molecule has 1 saturated heterocycles. The van der Waals surface area contributed by atoms with Gasteiger partial charge in [-0.1, -0.05) is 13.8 Å². The number of hydrogen-bond acceptors (Lipinski definition) is 1. The van der Waals surface area contributed by atoms with E-state index in [0.717, 1.165) is 12.5 Å². The largest absolute Gasteiger partial charge is 0.378 e. The Morgan fingerprint density at radius 2 is 2.27 bits per heavy atom. The molecule has 1 rings (SSSR count). The molecule has 0 bridgehead atoms. The lowest BCUT2D eigenvalue weighted by Gasteiger charge is -2.33. The van der Waals surface area contributed by atoms with Crippen LogP contribution in [0, 0.1) is 11.8 Å². The van der Waals surface area contributed by atoms with Crippen LogP contribution in [0.5, 0.6) is 0 Å². The van der Waals surface area contributed by atoms with E-state index < -0.39 is 0 Å². The summed E-state index contributed by atoms with van der Waals surface area (Å²) in [6.45, 7) is 5.33. The van der Waals surface area contributed by atoms with E-state index in [1.165, 1.54) is 12.8 Å². The molecule has 0 saturated carbocycles. The van der Waals surface area contributed by atoms with Crippen molar-refractivity contribution >= 4 is 11.6 Å². The molecule has 1 aliphatic rings. The lowest BCUT2D eigenvalue weighted by molar-refractivity contribution is -0.0453. The standard InChI is InChI=1S/C9H17ClO/c1-7(2)9-8(6-10)4-3-5-11-9/h7-9H,3-6H2,1-2H3. The average Bonchev–Trinajstić information content (AvgIpc) is 2.04. The molecular weight excluding hydrogens is 160 g/mol. The molecule has 2 atom stereocenters. The summed E-state index contributed by atoms with van der Waals surface area (Å²) in [7, 11) is 0. The van der Waals surface area contributed by atoms with E-state index in [4.69, 9.17) is 16.3 Å². The maximum Gasteiger partial charge on any atom is 0.0637 e. The molecule has 0 radical (unpaired) electrons. The molecular formula is C9H17ClO. The Kier molecular flexibility index (Phi) is 3.67. The highest BCUT2D eigenvalue weighted by Gasteiger charge is 2.27. The lowest BCUT2D eigenvalue weighted by atomic mass is 9.89. The molecule has 0 aromatic carbocycles. The molecule has 0 amide bonds. The minimum Gasteiger partial charge on any atom is -0.378 e. The molecule has 0 N–H and O–H groups in total. The minimum atomic E-state index is 0.404. The van der Waals surface area contributed by atoms with Crippen LogP contribution in [0.2, 0.25) is 0 Å². The number of alkyl halides is 1. The number of hydrogen-bond donors (Lipinski definition) is 0. The van der Waals surface area contributed by atoms with Crippen LogP contribution < -0.4 is 0 Å². The molecule has 2 heteroatoms.